The van der Waals surface area contributed by atoms with Crippen LogP contribution in [0, 0.1) is 11.6 Å². The predicted molar refractivity (Wildman–Crippen MR) is 133 cm³/mol. The molecule has 3 atom stereocenters. The minimum atomic E-state index is -1.40. The average Bonchev–Trinajstić information content (AvgIpc) is 3.41. The summed E-state index contributed by atoms with van der Waals surface area (Å²) in [5.41, 5.74) is 5.08. The van der Waals surface area contributed by atoms with Crippen LogP contribution in [0.5, 0.6) is 0 Å². The van der Waals surface area contributed by atoms with Crippen molar-refractivity contribution in [3.63, 3.8) is 0 Å². The number of carbonyl (C=O) groups excluding carboxylic acids is 1. The first-order chi connectivity index (χ1) is 18.2. The molecule has 202 valence electrons. The highest BCUT2D eigenvalue weighted by Crippen LogP contribution is 2.37. The standard InChI is InChI=1S/C25H27F2N5O5S/c1-2-37-23(33)18-17(10-32-13-8-25(28,24(34)35)9-14(32)12-36-11-13)30-21(22-29-6-7-38-22)31-20(18)15-4-3-5-16(26)19(15)27/h3-7,13-14,20H,2,8-12,28H2,1H3,(H,30,31)(H,34,35)/t13?,14?,20-,25?/m0/s1. The Morgan fingerprint density at radius 1 is 1.32 bits per heavy atom. The van der Waals surface area contributed by atoms with Crippen LogP contribution < -0.4 is 11.1 Å². The van der Waals surface area contributed by atoms with Gasteiger partial charge >= 0.3 is 11.9 Å². The number of halogens is 2. The summed E-state index contributed by atoms with van der Waals surface area (Å²) >= 11 is 1.30. The number of benzene rings is 1. The Kier molecular flexibility index (Phi) is 7.27. The van der Waals surface area contributed by atoms with Gasteiger partial charge in [-0.25, -0.2) is 23.6 Å². The Balaban J connectivity index is 1.61. The summed E-state index contributed by atoms with van der Waals surface area (Å²) in [5, 5.41) is 15.0. The van der Waals surface area contributed by atoms with E-state index in [4.69, 9.17) is 20.2 Å². The van der Waals surface area contributed by atoms with E-state index in [0.29, 0.717) is 10.8 Å². The lowest BCUT2D eigenvalue weighted by Gasteiger charge is -2.51. The Bertz CT molecular complexity index is 1290. The zero-order valence-electron chi connectivity index (χ0n) is 20.5. The molecule has 2 bridgehead atoms. The number of carboxylic acids is 1. The van der Waals surface area contributed by atoms with Gasteiger partial charge in [0.05, 0.1) is 37.1 Å². The van der Waals surface area contributed by atoms with Gasteiger partial charge in [0.25, 0.3) is 0 Å². The molecule has 2 saturated heterocycles. The molecule has 0 radical (unpaired) electrons. The molecular formula is C25H27F2N5O5S. The van der Waals surface area contributed by atoms with E-state index in [1.165, 1.54) is 23.5 Å². The number of amidine groups is 1. The van der Waals surface area contributed by atoms with E-state index >= 15 is 4.39 Å². The van der Waals surface area contributed by atoms with Crippen molar-refractivity contribution in [2.24, 2.45) is 10.7 Å². The third kappa shape index (κ3) is 4.82. The van der Waals surface area contributed by atoms with Gasteiger partial charge in [-0.2, -0.15) is 0 Å². The number of esters is 1. The van der Waals surface area contributed by atoms with Crippen LogP contribution in [-0.2, 0) is 19.1 Å². The van der Waals surface area contributed by atoms with Gasteiger partial charge < -0.3 is 25.6 Å². The number of hydrogen-bond donors (Lipinski definition) is 3. The summed E-state index contributed by atoms with van der Waals surface area (Å²) < 4.78 is 40.4. The molecule has 3 aliphatic rings. The number of aromatic nitrogens is 1. The summed E-state index contributed by atoms with van der Waals surface area (Å²) in [6.07, 6.45) is 1.87. The number of carboxylic acid groups (broad SMARTS) is 1. The molecular weight excluding hydrogens is 520 g/mol. The van der Waals surface area contributed by atoms with Gasteiger partial charge in [0.1, 0.15) is 5.54 Å². The van der Waals surface area contributed by atoms with Gasteiger partial charge in [-0.3, -0.25) is 9.69 Å². The number of morpholine rings is 1. The lowest BCUT2D eigenvalue weighted by molar-refractivity contribution is -0.153. The Labute approximate surface area is 221 Å². The van der Waals surface area contributed by atoms with E-state index in [0.717, 1.165) is 6.07 Å². The second kappa shape index (κ2) is 10.5. The highest BCUT2D eigenvalue weighted by Gasteiger charge is 2.50. The van der Waals surface area contributed by atoms with E-state index in [9.17, 15) is 19.1 Å². The lowest BCUT2D eigenvalue weighted by Crippen LogP contribution is -2.67. The normalized spacial score (nSPS) is 27.5. The van der Waals surface area contributed by atoms with E-state index < -0.39 is 35.2 Å². The first-order valence-electron chi connectivity index (χ1n) is 12.2. The monoisotopic (exact) mass is 547 g/mol. The van der Waals surface area contributed by atoms with E-state index in [1.807, 2.05) is 4.90 Å². The number of rotatable bonds is 7. The van der Waals surface area contributed by atoms with Gasteiger partial charge in [0.15, 0.2) is 22.5 Å². The third-order valence-electron chi connectivity index (χ3n) is 7.07. The Morgan fingerprint density at radius 3 is 2.68 bits per heavy atom. The largest absolute Gasteiger partial charge is 0.480 e. The Hall–Kier alpha value is -3.26. The Morgan fingerprint density at radius 2 is 2.05 bits per heavy atom. The van der Waals surface area contributed by atoms with Crippen molar-refractivity contribution in [3.8, 4) is 0 Å². The number of aliphatic imine (C=N–C) groups is 1. The van der Waals surface area contributed by atoms with E-state index in [-0.39, 0.29) is 68.1 Å². The van der Waals surface area contributed by atoms with Crippen LogP contribution >= 0.6 is 11.3 Å². The lowest BCUT2D eigenvalue weighted by atomic mass is 9.79. The van der Waals surface area contributed by atoms with Gasteiger partial charge in [-0.1, -0.05) is 12.1 Å². The van der Waals surface area contributed by atoms with E-state index in [2.05, 4.69) is 10.3 Å². The van der Waals surface area contributed by atoms with E-state index in [1.54, 1.807) is 18.5 Å². The fourth-order valence-electron chi connectivity index (χ4n) is 5.31. The van der Waals surface area contributed by atoms with Gasteiger partial charge in [-0.05, 0) is 25.8 Å². The first-order valence-corrected chi connectivity index (χ1v) is 13.0. The molecule has 38 heavy (non-hydrogen) atoms. The van der Waals surface area contributed by atoms with Crippen LogP contribution in [0.2, 0.25) is 0 Å². The molecule has 5 rings (SSSR count). The van der Waals surface area contributed by atoms with Crippen LogP contribution in [-0.4, -0.2) is 76.8 Å². The van der Waals surface area contributed by atoms with Crippen molar-refractivity contribution in [2.45, 2.75) is 43.4 Å². The highest BCUT2D eigenvalue weighted by molar-refractivity contribution is 7.11. The van der Waals surface area contributed by atoms with Crippen molar-refractivity contribution < 1.29 is 33.0 Å². The minimum absolute atomic E-state index is 0.0402. The SMILES string of the molecule is CCOC(=O)C1=C(CN2C3COCC2CC(N)(C(=O)O)C3)N=C(c2nccs2)N[C@H]1c1cccc(F)c1F. The number of nitrogens with one attached hydrogen (secondary N) is 1. The summed E-state index contributed by atoms with van der Waals surface area (Å²) in [5.74, 6) is -3.64. The fraction of sp³-hybridized carbons (Fsp3) is 0.440. The van der Waals surface area contributed by atoms with Crippen molar-refractivity contribution in [3.05, 3.63) is 63.3 Å². The second-order valence-corrected chi connectivity index (χ2v) is 10.4. The molecule has 13 heteroatoms. The van der Waals surface area contributed by atoms with Crippen molar-refractivity contribution in [2.75, 3.05) is 26.4 Å². The zero-order valence-corrected chi connectivity index (χ0v) is 21.3. The quantitative estimate of drug-likeness (QED) is 0.444. The van der Waals surface area contributed by atoms with Crippen LogP contribution in [0.3, 0.4) is 0 Å². The molecule has 0 spiro atoms. The van der Waals surface area contributed by atoms with Gasteiger partial charge in [0.2, 0.25) is 0 Å². The van der Waals surface area contributed by atoms with Crippen molar-refractivity contribution in [1.29, 1.82) is 0 Å². The average molecular weight is 548 g/mol. The predicted octanol–water partition coefficient (Wildman–Crippen LogP) is 1.97. The fourth-order valence-corrected chi connectivity index (χ4v) is 5.90. The molecule has 2 fully saturated rings. The van der Waals surface area contributed by atoms with Crippen LogP contribution in [0.25, 0.3) is 0 Å². The number of nitrogens with two attached hydrogens (primary N) is 1. The number of carbonyl (C=O) groups is 2. The maximum atomic E-state index is 15.1. The molecule has 4 N–H and O–H groups in total. The first kappa shape index (κ1) is 26.4. The van der Waals surface area contributed by atoms with Gasteiger partial charge in [0, 0.05) is 35.8 Å². The maximum Gasteiger partial charge on any atom is 0.338 e. The topological polar surface area (TPSA) is 139 Å². The molecule has 2 unspecified atom stereocenters. The van der Waals surface area contributed by atoms with Crippen molar-refractivity contribution >= 4 is 29.1 Å². The molecule has 10 nitrogen and oxygen atoms in total. The number of hydrogen-bond acceptors (Lipinski definition) is 10. The highest BCUT2D eigenvalue weighted by atomic mass is 32.1. The number of fused-ring (bicyclic) bond motifs is 2. The zero-order chi connectivity index (χ0) is 27.0. The number of aliphatic carboxylic acids is 1. The third-order valence-corrected chi connectivity index (χ3v) is 7.85. The molecule has 1 aromatic carbocycles. The molecule has 0 saturated carbocycles. The molecule has 3 aliphatic heterocycles. The molecule has 0 amide bonds. The minimum Gasteiger partial charge on any atom is -0.480 e. The summed E-state index contributed by atoms with van der Waals surface area (Å²) in [7, 11) is 0. The summed E-state index contributed by atoms with van der Waals surface area (Å²) in [6, 6.07) is 1.96. The molecule has 2 aromatic rings. The van der Waals surface area contributed by atoms with Crippen LogP contribution in [0.15, 0.2) is 46.0 Å². The number of thiazole rings is 1. The number of ether oxygens (including phenoxy) is 2. The molecule has 4 heterocycles. The maximum absolute atomic E-state index is 15.1. The summed E-state index contributed by atoms with van der Waals surface area (Å²) in [6.45, 7) is 2.35. The smallest absolute Gasteiger partial charge is 0.338 e. The van der Waals surface area contributed by atoms with Crippen molar-refractivity contribution in [1.82, 2.24) is 15.2 Å². The number of piperidine rings is 1. The summed E-state index contributed by atoms with van der Waals surface area (Å²) in [4.78, 5) is 36.2. The van der Waals surface area contributed by atoms with Crippen LogP contribution in [0.4, 0.5) is 8.78 Å². The van der Waals surface area contributed by atoms with Gasteiger partial charge in [-0.15, -0.1) is 11.3 Å². The number of nitrogens with zero attached hydrogens (tertiary/aromatic N) is 3. The van der Waals surface area contributed by atoms with Crippen LogP contribution in [0.1, 0.15) is 36.4 Å². The molecule has 1 aromatic heterocycles. The second-order valence-electron chi connectivity index (χ2n) is 9.49. The molecule has 0 aliphatic carbocycles.